The topological polar surface area (TPSA) is 102 Å². The Morgan fingerprint density at radius 1 is 1.30 bits per heavy atom. The van der Waals surface area contributed by atoms with E-state index < -0.39 is 11.9 Å². The number of nitrogens with one attached hydrogen (secondary N) is 2. The fourth-order valence-electron chi connectivity index (χ4n) is 1.35. The summed E-state index contributed by atoms with van der Waals surface area (Å²) >= 11 is 0. The van der Waals surface area contributed by atoms with Crippen LogP contribution in [0.25, 0.3) is 0 Å². The molecule has 0 spiro atoms. The molecule has 3 N–H and O–H groups in total. The van der Waals surface area contributed by atoms with Crippen LogP contribution in [0.2, 0.25) is 0 Å². The van der Waals surface area contributed by atoms with Crippen molar-refractivity contribution in [3.05, 3.63) is 41.6 Å². The molecule has 6 nitrogen and oxygen atoms in total. The third-order valence-corrected chi connectivity index (χ3v) is 2.30. The summed E-state index contributed by atoms with van der Waals surface area (Å²) in [4.78, 5) is 22.3. The van der Waals surface area contributed by atoms with Gasteiger partial charge in [0.1, 0.15) is 11.6 Å². The highest BCUT2D eigenvalue weighted by Gasteiger charge is 2.09. The molecule has 6 heteroatoms. The second kappa shape index (κ2) is 6.95. The van der Waals surface area contributed by atoms with Crippen molar-refractivity contribution in [2.75, 3.05) is 5.32 Å². The molecule has 104 valence electrons. The summed E-state index contributed by atoms with van der Waals surface area (Å²) in [6.07, 6.45) is 1.29. The smallest absolute Gasteiger partial charge is 0.335 e. The van der Waals surface area contributed by atoms with Gasteiger partial charge in [-0.25, -0.2) is 4.79 Å². The van der Waals surface area contributed by atoms with Crippen molar-refractivity contribution in [2.24, 2.45) is 0 Å². The third kappa shape index (κ3) is 4.46. The molecule has 0 aromatic heterocycles. The van der Waals surface area contributed by atoms with E-state index in [9.17, 15) is 9.59 Å². The molecule has 0 atom stereocenters. The van der Waals surface area contributed by atoms with E-state index >= 15 is 0 Å². The number of carboxylic acids is 1. The molecule has 1 aromatic rings. The third-order valence-electron chi connectivity index (χ3n) is 2.30. The first-order valence-electron chi connectivity index (χ1n) is 5.95. The van der Waals surface area contributed by atoms with Gasteiger partial charge in [-0.15, -0.1) is 0 Å². The number of aromatic carboxylic acids is 1. The van der Waals surface area contributed by atoms with Gasteiger partial charge in [-0.1, -0.05) is 0 Å². The average Bonchev–Trinajstić information content (AvgIpc) is 2.39. The van der Waals surface area contributed by atoms with Crippen LogP contribution in [-0.2, 0) is 4.79 Å². The van der Waals surface area contributed by atoms with Crippen molar-refractivity contribution in [1.29, 1.82) is 5.26 Å². The van der Waals surface area contributed by atoms with E-state index in [-0.39, 0.29) is 17.2 Å². The minimum atomic E-state index is -1.01. The molecule has 1 aromatic carbocycles. The van der Waals surface area contributed by atoms with Gasteiger partial charge >= 0.3 is 5.97 Å². The van der Waals surface area contributed by atoms with E-state index in [1.54, 1.807) is 32.0 Å². The lowest BCUT2D eigenvalue weighted by molar-refractivity contribution is -0.117. The molecule has 0 aliphatic carbocycles. The van der Waals surface area contributed by atoms with Crippen LogP contribution in [0.1, 0.15) is 24.2 Å². The normalized spacial score (nSPS) is 10.8. The van der Waals surface area contributed by atoms with Crippen LogP contribution in [0.5, 0.6) is 0 Å². The van der Waals surface area contributed by atoms with E-state index in [0.717, 1.165) is 0 Å². The molecule has 0 saturated carbocycles. The number of hydrogen-bond acceptors (Lipinski definition) is 4. The fraction of sp³-hybridized carbons (Fsp3) is 0.214. The average molecular weight is 273 g/mol. The first-order chi connectivity index (χ1) is 9.43. The lowest BCUT2D eigenvalue weighted by Crippen LogP contribution is -2.31. The van der Waals surface area contributed by atoms with Gasteiger partial charge in [0, 0.05) is 17.9 Å². The SMILES string of the molecule is CC(C)NC(=O)/C(C#N)=C\Nc1ccc(C(=O)O)cc1. The molecule has 0 heterocycles. The number of benzene rings is 1. The summed E-state index contributed by atoms with van der Waals surface area (Å²) in [7, 11) is 0. The molecular weight excluding hydrogens is 258 g/mol. The maximum absolute atomic E-state index is 11.6. The lowest BCUT2D eigenvalue weighted by Gasteiger charge is -2.07. The maximum Gasteiger partial charge on any atom is 0.335 e. The van der Waals surface area contributed by atoms with Gasteiger partial charge in [0.25, 0.3) is 5.91 Å². The molecule has 0 aliphatic rings. The van der Waals surface area contributed by atoms with Gasteiger partial charge in [-0.2, -0.15) is 5.26 Å². The van der Waals surface area contributed by atoms with Crippen molar-refractivity contribution in [2.45, 2.75) is 19.9 Å². The highest BCUT2D eigenvalue weighted by molar-refractivity contribution is 5.97. The molecule has 0 unspecified atom stereocenters. The largest absolute Gasteiger partial charge is 0.478 e. The minimum absolute atomic E-state index is 0.0546. The Morgan fingerprint density at radius 3 is 2.35 bits per heavy atom. The number of carbonyl (C=O) groups excluding carboxylic acids is 1. The Bertz CT molecular complexity index is 568. The van der Waals surface area contributed by atoms with Gasteiger partial charge in [0.15, 0.2) is 0 Å². The number of amides is 1. The first-order valence-corrected chi connectivity index (χ1v) is 5.95. The molecule has 1 amide bonds. The fourth-order valence-corrected chi connectivity index (χ4v) is 1.35. The van der Waals surface area contributed by atoms with Crippen LogP contribution < -0.4 is 10.6 Å². The van der Waals surface area contributed by atoms with Gasteiger partial charge < -0.3 is 15.7 Å². The maximum atomic E-state index is 11.6. The zero-order chi connectivity index (χ0) is 15.1. The van der Waals surface area contributed by atoms with E-state index in [2.05, 4.69) is 10.6 Å². The Kier molecular flexibility index (Phi) is 5.30. The number of carboxylic acid groups (broad SMARTS) is 1. The van der Waals surface area contributed by atoms with Crippen LogP contribution in [0.3, 0.4) is 0 Å². The van der Waals surface area contributed by atoms with Crippen molar-refractivity contribution < 1.29 is 14.7 Å². The van der Waals surface area contributed by atoms with Crippen LogP contribution in [0, 0.1) is 11.3 Å². The summed E-state index contributed by atoms with van der Waals surface area (Å²) in [6.45, 7) is 3.59. The summed E-state index contributed by atoms with van der Waals surface area (Å²) in [6, 6.07) is 7.70. The second-order valence-electron chi connectivity index (χ2n) is 4.32. The highest BCUT2D eigenvalue weighted by Crippen LogP contribution is 2.10. The minimum Gasteiger partial charge on any atom is -0.478 e. The summed E-state index contributed by atoms with van der Waals surface area (Å²) in [5, 5.41) is 23.1. The Balaban J connectivity index is 2.76. The van der Waals surface area contributed by atoms with Gasteiger partial charge in [0.05, 0.1) is 5.56 Å². The summed E-state index contributed by atoms with van der Waals surface area (Å²) in [5.41, 5.74) is 0.693. The highest BCUT2D eigenvalue weighted by atomic mass is 16.4. The van der Waals surface area contributed by atoms with E-state index in [4.69, 9.17) is 10.4 Å². The Morgan fingerprint density at radius 2 is 1.90 bits per heavy atom. The van der Waals surface area contributed by atoms with Crippen LogP contribution in [0.4, 0.5) is 5.69 Å². The van der Waals surface area contributed by atoms with Crippen LogP contribution in [-0.4, -0.2) is 23.0 Å². The van der Waals surface area contributed by atoms with Crippen molar-refractivity contribution in [3.63, 3.8) is 0 Å². The quantitative estimate of drug-likeness (QED) is 0.560. The second-order valence-corrected chi connectivity index (χ2v) is 4.32. The van der Waals surface area contributed by atoms with Crippen molar-refractivity contribution in [3.8, 4) is 6.07 Å². The number of nitrogens with zero attached hydrogens (tertiary/aromatic N) is 1. The molecule has 0 saturated heterocycles. The number of nitriles is 1. The van der Waals surface area contributed by atoms with Crippen LogP contribution >= 0.6 is 0 Å². The van der Waals surface area contributed by atoms with Crippen molar-refractivity contribution in [1.82, 2.24) is 5.32 Å². The molecular formula is C14H15N3O3. The zero-order valence-electron chi connectivity index (χ0n) is 11.2. The molecule has 1 rings (SSSR count). The van der Waals surface area contributed by atoms with E-state index in [1.807, 2.05) is 0 Å². The van der Waals surface area contributed by atoms with Gasteiger partial charge in [-0.3, -0.25) is 4.79 Å². The molecule has 0 radical (unpaired) electrons. The monoisotopic (exact) mass is 273 g/mol. The van der Waals surface area contributed by atoms with E-state index in [1.165, 1.54) is 18.3 Å². The molecule has 0 aliphatic heterocycles. The predicted octanol–water partition coefficient (Wildman–Crippen LogP) is 1.73. The number of anilines is 1. The first kappa shape index (κ1) is 15.2. The summed E-state index contributed by atoms with van der Waals surface area (Å²) in [5.74, 6) is -1.47. The van der Waals surface area contributed by atoms with Crippen LogP contribution in [0.15, 0.2) is 36.0 Å². The Labute approximate surface area is 116 Å². The molecule has 20 heavy (non-hydrogen) atoms. The van der Waals surface area contributed by atoms with Crippen molar-refractivity contribution >= 4 is 17.6 Å². The number of hydrogen-bond donors (Lipinski definition) is 3. The predicted molar refractivity (Wildman–Crippen MR) is 74.0 cm³/mol. The summed E-state index contributed by atoms with van der Waals surface area (Å²) < 4.78 is 0. The molecule has 0 bridgehead atoms. The van der Waals surface area contributed by atoms with E-state index in [0.29, 0.717) is 5.69 Å². The zero-order valence-corrected chi connectivity index (χ0v) is 11.2. The van der Waals surface area contributed by atoms with Gasteiger partial charge in [-0.05, 0) is 38.1 Å². The lowest BCUT2D eigenvalue weighted by atomic mass is 10.2. The Hall–Kier alpha value is -2.81. The molecule has 0 fully saturated rings. The van der Waals surface area contributed by atoms with Gasteiger partial charge in [0.2, 0.25) is 0 Å². The number of carbonyl (C=O) groups is 2. The number of rotatable bonds is 5. The standard InChI is InChI=1S/C14H15N3O3/c1-9(2)17-13(18)11(7-15)8-16-12-5-3-10(4-6-12)14(19)20/h3-6,8-9,16H,1-2H3,(H,17,18)(H,19,20)/b11-8-.